The summed E-state index contributed by atoms with van der Waals surface area (Å²) in [5, 5.41) is 0. The zero-order valence-corrected chi connectivity index (χ0v) is 23.4. The van der Waals surface area contributed by atoms with Crippen LogP contribution in [0.15, 0.2) is 66.9 Å². The Morgan fingerprint density at radius 2 is 1.71 bits per heavy atom. The summed E-state index contributed by atoms with van der Waals surface area (Å²) < 4.78 is 30.1. The van der Waals surface area contributed by atoms with Crippen LogP contribution in [-0.2, 0) is 4.79 Å². The number of alkyl halides is 2. The molecule has 2 aromatic rings. The molecule has 2 aromatic carbocycles. The molecule has 3 unspecified atom stereocenters. The molecule has 0 aromatic heterocycles. The average molecular weight is 528 g/mol. The van der Waals surface area contributed by atoms with E-state index >= 15 is 0 Å². The van der Waals surface area contributed by atoms with Crippen LogP contribution in [0.4, 0.5) is 8.78 Å². The van der Waals surface area contributed by atoms with Crippen LogP contribution in [0.1, 0.15) is 50.8 Å². The highest BCUT2D eigenvalue weighted by atomic mass is 19.3. The molecule has 4 rings (SSSR count). The zero-order chi connectivity index (χ0) is 27.7. The summed E-state index contributed by atoms with van der Waals surface area (Å²) >= 11 is 0. The molecule has 0 radical (unpaired) electrons. The van der Waals surface area contributed by atoms with Gasteiger partial charge in [0.25, 0.3) is 0 Å². The van der Waals surface area contributed by atoms with E-state index in [1.807, 2.05) is 31.3 Å². The lowest BCUT2D eigenvalue weighted by Gasteiger charge is -2.48. The largest absolute Gasteiger partial charge is 0.435 e. The van der Waals surface area contributed by atoms with Gasteiger partial charge in [0.05, 0.1) is 6.04 Å². The maximum absolute atomic E-state index is 12.7. The van der Waals surface area contributed by atoms with Crippen LogP contribution >= 0.6 is 0 Å². The summed E-state index contributed by atoms with van der Waals surface area (Å²) in [5.74, 6) is 0.698. The molecule has 0 aliphatic carbocycles. The Morgan fingerprint density at radius 1 is 1.00 bits per heavy atom. The third-order valence-corrected chi connectivity index (χ3v) is 7.42. The van der Waals surface area contributed by atoms with E-state index < -0.39 is 6.61 Å². The van der Waals surface area contributed by atoms with Crippen molar-refractivity contribution < 1.29 is 18.3 Å². The van der Waals surface area contributed by atoms with E-state index in [1.165, 1.54) is 0 Å². The quantitative estimate of drug-likeness (QED) is 0.408. The molecular weight excluding hydrogens is 484 g/mol. The number of benzene rings is 2. The second kappa shape index (κ2) is 13.9. The van der Waals surface area contributed by atoms with E-state index in [2.05, 4.69) is 71.7 Å². The Balaban J connectivity index is 0.000000336. The second-order valence-electron chi connectivity index (χ2n) is 11.4. The molecule has 0 bridgehead atoms. The first kappa shape index (κ1) is 29.8. The Hall–Kier alpha value is -2.77. The summed E-state index contributed by atoms with van der Waals surface area (Å²) in [7, 11) is 4.23. The maximum Gasteiger partial charge on any atom is 0.387 e. The summed E-state index contributed by atoms with van der Waals surface area (Å²) in [6.45, 7) is 7.87. The molecule has 1 saturated heterocycles. The van der Waals surface area contributed by atoms with E-state index in [0.29, 0.717) is 18.4 Å². The van der Waals surface area contributed by atoms with Crippen molar-refractivity contribution in [2.24, 2.45) is 11.3 Å². The lowest BCUT2D eigenvalue weighted by molar-refractivity contribution is -0.108. The van der Waals surface area contributed by atoms with Gasteiger partial charge in [-0.2, -0.15) is 8.78 Å². The molecule has 208 valence electrons. The summed E-state index contributed by atoms with van der Waals surface area (Å²) in [6.07, 6.45) is 6.96. The number of aldehydes is 1. The van der Waals surface area contributed by atoms with Crippen molar-refractivity contribution in [2.45, 2.75) is 52.3 Å². The normalized spacial score (nSPS) is 21.5. The lowest BCUT2D eigenvalue weighted by atomic mass is 9.83. The van der Waals surface area contributed by atoms with Gasteiger partial charge in [-0.15, -0.1) is 0 Å². The first-order valence-electron chi connectivity index (χ1n) is 13.4. The van der Waals surface area contributed by atoms with E-state index in [0.717, 1.165) is 50.0 Å². The van der Waals surface area contributed by atoms with E-state index in [1.54, 1.807) is 18.2 Å². The second-order valence-corrected chi connectivity index (χ2v) is 11.4. The van der Waals surface area contributed by atoms with Gasteiger partial charge in [0.2, 0.25) is 0 Å². The molecule has 0 amide bonds. The van der Waals surface area contributed by atoms with Gasteiger partial charge in [-0.3, -0.25) is 4.90 Å². The minimum atomic E-state index is -2.82. The number of hydrogen-bond acceptors (Lipinski definition) is 5. The number of carbonyl (C=O) groups excluding carboxylic acids is 1. The predicted molar refractivity (Wildman–Crippen MR) is 149 cm³/mol. The molecule has 3 atom stereocenters. The fraction of sp³-hybridized carbons (Fsp3) is 0.516. The number of allylic oxidation sites excluding steroid dienone is 1. The third-order valence-electron chi connectivity index (χ3n) is 7.42. The van der Waals surface area contributed by atoms with Gasteiger partial charge in [0.15, 0.2) is 0 Å². The molecule has 1 fully saturated rings. The van der Waals surface area contributed by atoms with E-state index in [-0.39, 0.29) is 17.2 Å². The smallest absolute Gasteiger partial charge is 0.387 e. The molecule has 0 spiro atoms. The Kier molecular flexibility index (Phi) is 10.9. The van der Waals surface area contributed by atoms with Crippen LogP contribution in [0, 0.1) is 11.3 Å². The van der Waals surface area contributed by atoms with Crippen LogP contribution in [0.3, 0.4) is 0 Å². The number of likely N-dealkylation sites (N-methyl/N-ethyl adjacent to an activating group) is 1. The van der Waals surface area contributed by atoms with Crippen molar-refractivity contribution in [3.63, 3.8) is 0 Å². The minimum absolute atomic E-state index is 0.000900. The van der Waals surface area contributed by atoms with Gasteiger partial charge in [0.1, 0.15) is 12.0 Å². The molecular formula is C31H43F2N3O2. The van der Waals surface area contributed by atoms with Crippen LogP contribution in [0.2, 0.25) is 0 Å². The lowest BCUT2D eigenvalue weighted by Crippen LogP contribution is -2.57. The van der Waals surface area contributed by atoms with Crippen molar-refractivity contribution in [3.05, 3.63) is 78.0 Å². The summed E-state index contributed by atoms with van der Waals surface area (Å²) in [4.78, 5) is 17.1. The van der Waals surface area contributed by atoms with Crippen LogP contribution in [-0.4, -0.2) is 73.9 Å². The van der Waals surface area contributed by atoms with E-state index in [9.17, 15) is 13.6 Å². The topological polar surface area (TPSA) is 36.0 Å². The molecule has 2 aliphatic rings. The molecule has 2 aliphatic heterocycles. The van der Waals surface area contributed by atoms with Crippen LogP contribution in [0.5, 0.6) is 5.75 Å². The fourth-order valence-corrected chi connectivity index (χ4v) is 5.30. The van der Waals surface area contributed by atoms with Crippen LogP contribution in [0.25, 0.3) is 0 Å². The number of nitrogens with zero attached hydrogens (tertiary/aromatic N) is 3. The molecule has 2 heterocycles. The highest BCUT2D eigenvalue weighted by Gasteiger charge is 2.36. The molecule has 7 heteroatoms. The highest BCUT2D eigenvalue weighted by molar-refractivity contribution is 5.50. The monoisotopic (exact) mass is 527 g/mol. The first-order chi connectivity index (χ1) is 18.1. The van der Waals surface area contributed by atoms with Gasteiger partial charge in [-0.05, 0) is 54.3 Å². The number of rotatable bonds is 7. The minimum Gasteiger partial charge on any atom is -0.435 e. The number of piperazine rings is 1. The van der Waals surface area contributed by atoms with Gasteiger partial charge in [-0.25, -0.2) is 0 Å². The number of halogens is 2. The highest BCUT2D eigenvalue weighted by Crippen LogP contribution is 2.35. The zero-order valence-electron chi connectivity index (χ0n) is 23.4. The van der Waals surface area contributed by atoms with Gasteiger partial charge >= 0.3 is 6.61 Å². The molecule has 5 nitrogen and oxygen atoms in total. The fourth-order valence-electron chi connectivity index (χ4n) is 5.30. The van der Waals surface area contributed by atoms with Crippen molar-refractivity contribution in [1.82, 2.24) is 14.7 Å². The third kappa shape index (κ3) is 8.63. The number of hydrogen-bond donors (Lipinski definition) is 0. The van der Waals surface area contributed by atoms with E-state index in [4.69, 9.17) is 0 Å². The van der Waals surface area contributed by atoms with Crippen molar-refractivity contribution in [2.75, 3.05) is 40.3 Å². The van der Waals surface area contributed by atoms with Crippen molar-refractivity contribution >= 4 is 6.29 Å². The average Bonchev–Trinajstić information content (AvgIpc) is 2.87. The molecule has 0 saturated carbocycles. The van der Waals surface area contributed by atoms with Crippen LogP contribution < -0.4 is 4.74 Å². The maximum atomic E-state index is 12.7. The molecule has 0 N–H and O–H groups in total. The standard InChI is InChI=1S/C23H30F2N2O.C8H13NO/c1-23(2,3)20-16-27(14-13-26(20)4)21(17-9-6-5-7-10-17)18-11-8-12-19(15-18)28-22(24)25;1-9-5-2-8(3-6-9)4-7-10/h5-12,15,20-22H,13-14,16H2,1-4H3;2,5,7-8H,3-4,6H2,1H3. The van der Waals surface area contributed by atoms with Gasteiger partial charge < -0.3 is 19.3 Å². The predicted octanol–water partition coefficient (Wildman–Crippen LogP) is 6.08. The summed E-state index contributed by atoms with van der Waals surface area (Å²) in [5.41, 5.74) is 2.28. The van der Waals surface area contributed by atoms with Crippen molar-refractivity contribution in [3.8, 4) is 5.75 Å². The summed E-state index contributed by atoms with van der Waals surface area (Å²) in [6, 6.07) is 17.8. The van der Waals surface area contributed by atoms with Crippen molar-refractivity contribution in [1.29, 1.82) is 0 Å². The molecule has 38 heavy (non-hydrogen) atoms. The first-order valence-corrected chi connectivity index (χ1v) is 13.4. The number of ether oxygens (including phenoxy) is 1. The van der Waals surface area contributed by atoms with Gasteiger partial charge in [-0.1, -0.05) is 69.3 Å². The van der Waals surface area contributed by atoms with Gasteiger partial charge in [0, 0.05) is 45.7 Å². The Labute approximate surface area is 227 Å². The SMILES string of the molecule is CN1C=CC(CC=O)CC1.CN1CCN(C(c2ccccc2)c2cccc(OC(F)F)c2)CC1C(C)(C)C. The number of carbonyl (C=O) groups is 1. The Morgan fingerprint density at radius 3 is 2.32 bits per heavy atom. The Bertz CT molecular complexity index is 1030.